The highest BCUT2D eigenvalue weighted by Gasteiger charge is 2.20. The lowest BCUT2D eigenvalue weighted by molar-refractivity contribution is 0.102. The predicted octanol–water partition coefficient (Wildman–Crippen LogP) is 4.31. The molecule has 1 saturated heterocycles. The largest absolute Gasteiger partial charge is 0.495 e. The molecule has 29 heavy (non-hydrogen) atoms. The van der Waals surface area contributed by atoms with E-state index in [1.165, 1.54) is 0 Å². The van der Waals surface area contributed by atoms with Crippen molar-refractivity contribution >= 4 is 17.4 Å². The molecule has 0 aliphatic carbocycles. The molecule has 2 aromatic carbocycles. The first-order valence-corrected chi connectivity index (χ1v) is 9.79. The van der Waals surface area contributed by atoms with E-state index in [4.69, 9.17) is 9.72 Å². The number of nitrogens with one attached hydrogen (secondary N) is 1. The van der Waals surface area contributed by atoms with Crippen LogP contribution in [0.15, 0.2) is 54.6 Å². The van der Waals surface area contributed by atoms with Crippen LogP contribution in [0, 0.1) is 6.92 Å². The van der Waals surface area contributed by atoms with Gasteiger partial charge in [0.25, 0.3) is 5.91 Å². The van der Waals surface area contributed by atoms with E-state index in [1.807, 2.05) is 55.5 Å². The van der Waals surface area contributed by atoms with E-state index in [1.54, 1.807) is 13.2 Å². The molecule has 148 valence electrons. The van der Waals surface area contributed by atoms with Crippen molar-refractivity contribution in [1.82, 2.24) is 9.97 Å². The SMILES string of the molecule is COc1ccc(C)cc1NC(=O)c1cc(N2CCCC2)nc(-c2ccccc2)n1. The van der Waals surface area contributed by atoms with E-state index < -0.39 is 0 Å². The summed E-state index contributed by atoms with van der Waals surface area (Å²) in [7, 11) is 1.59. The summed E-state index contributed by atoms with van der Waals surface area (Å²) in [6.45, 7) is 3.86. The summed E-state index contributed by atoms with van der Waals surface area (Å²) in [6, 6.07) is 17.2. The third-order valence-corrected chi connectivity index (χ3v) is 5.01. The Morgan fingerprint density at radius 3 is 2.52 bits per heavy atom. The summed E-state index contributed by atoms with van der Waals surface area (Å²) in [5.41, 5.74) is 2.88. The first-order valence-electron chi connectivity index (χ1n) is 9.79. The summed E-state index contributed by atoms with van der Waals surface area (Å²) in [6.07, 6.45) is 2.26. The van der Waals surface area contributed by atoms with E-state index in [9.17, 15) is 4.79 Å². The zero-order valence-corrected chi connectivity index (χ0v) is 16.7. The molecular formula is C23H24N4O2. The fourth-order valence-electron chi connectivity index (χ4n) is 3.48. The third kappa shape index (κ3) is 4.21. The summed E-state index contributed by atoms with van der Waals surface area (Å²) in [4.78, 5) is 24.6. The van der Waals surface area contributed by atoms with E-state index in [0.29, 0.717) is 23.0 Å². The number of benzene rings is 2. The van der Waals surface area contributed by atoms with Gasteiger partial charge in [-0.15, -0.1) is 0 Å². The summed E-state index contributed by atoms with van der Waals surface area (Å²) >= 11 is 0. The van der Waals surface area contributed by atoms with Gasteiger partial charge in [-0.05, 0) is 37.5 Å². The molecule has 6 heteroatoms. The summed E-state index contributed by atoms with van der Waals surface area (Å²) in [5, 5.41) is 2.94. The zero-order valence-electron chi connectivity index (χ0n) is 16.7. The Kier molecular flexibility index (Phi) is 5.42. The molecule has 0 atom stereocenters. The fourth-order valence-corrected chi connectivity index (χ4v) is 3.48. The zero-order chi connectivity index (χ0) is 20.2. The molecule has 0 saturated carbocycles. The minimum absolute atomic E-state index is 0.283. The van der Waals surface area contributed by atoms with Crippen LogP contribution in [0.2, 0.25) is 0 Å². The molecule has 1 aromatic heterocycles. The van der Waals surface area contributed by atoms with Gasteiger partial charge in [-0.3, -0.25) is 4.79 Å². The highest BCUT2D eigenvalue weighted by Crippen LogP contribution is 2.27. The van der Waals surface area contributed by atoms with Gasteiger partial charge in [0.05, 0.1) is 12.8 Å². The van der Waals surface area contributed by atoms with Crippen LogP contribution in [0.1, 0.15) is 28.9 Å². The number of rotatable bonds is 5. The van der Waals surface area contributed by atoms with Gasteiger partial charge in [-0.2, -0.15) is 0 Å². The van der Waals surface area contributed by atoms with Crippen molar-refractivity contribution < 1.29 is 9.53 Å². The number of anilines is 2. The van der Waals surface area contributed by atoms with Gasteiger partial charge in [0.15, 0.2) is 5.82 Å². The first-order chi connectivity index (χ1) is 14.1. The van der Waals surface area contributed by atoms with Crippen LogP contribution in [0.3, 0.4) is 0 Å². The average molecular weight is 388 g/mol. The molecule has 1 fully saturated rings. The van der Waals surface area contributed by atoms with Gasteiger partial charge < -0.3 is 15.0 Å². The molecule has 6 nitrogen and oxygen atoms in total. The molecule has 0 unspecified atom stereocenters. The van der Waals surface area contributed by atoms with Crippen molar-refractivity contribution in [1.29, 1.82) is 0 Å². The van der Waals surface area contributed by atoms with Crippen molar-refractivity contribution in [3.05, 3.63) is 65.9 Å². The Balaban J connectivity index is 1.71. The van der Waals surface area contributed by atoms with Crippen molar-refractivity contribution in [2.75, 3.05) is 30.4 Å². The van der Waals surface area contributed by atoms with Gasteiger partial charge in [-0.1, -0.05) is 36.4 Å². The number of aromatic nitrogens is 2. The molecule has 1 amide bonds. The number of aryl methyl sites for hydroxylation is 1. The maximum atomic E-state index is 13.1. The number of carbonyl (C=O) groups is 1. The van der Waals surface area contributed by atoms with Gasteiger partial charge in [0.2, 0.25) is 0 Å². The highest BCUT2D eigenvalue weighted by molar-refractivity contribution is 6.04. The highest BCUT2D eigenvalue weighted by atomic mass is 16.5. The Morgan fingerprint density at radius 2 is 1.79 bits per heavy atom. The molecule has 0 bridgehead atoms. The smallest absolute Gasteiger partial charge is 0.274 e. The van der Waals surface area contributed by atoms with Crippen molar-refractivity contribution in [3.63, 3.8) is 0 Å². The van der Waals surface area contributed by atoms with E-state index in [0.717, 1.165) is 42.9 Å². The normalized spacial score (nSPS) is 13.4. The maximum Gasteiger partial charge on any atom is 0.274 e. The van der Waals surface area contributed by atoms with Crippen LogP contribution in [0.4, 0.5) is 11.5 Å². The number of nitrogens with zero attached hydrogens (tertiary/aromatic N) is 3. The molecule has 1 N–H and O–H groups in total. The second kappa shape index (κ2) is 8.31. The fraction of sp³-hybridized carbons (Fsp3) is 0.261. The first kappa shape index (κ1) is 18.9. The van der Waals surface area contributed by atoms with Crippen LogP contribution in [0.5, 0.6) is 5.75 Å². The van der Waals surface area contributed by atoms with Crippen LogP contribution >= 0.6 is 0 Å². The van der Waals surface area contributed by atoms with E-state index in [2.05, 4.69) is 15.2 Å². The molecule has 4 rings (SSSR count). The molecule has 3 aromatic rings. The second-order valence-electron chi connectivity index (χ2n) is 7.15. The molecule has 0 radical (unpaired) electrons. The Bertz CT molecular complexity index is 1010. The van der Waals surface area contributed by atoms with Crippen molar-refractivity contribution in [2.45, 2.75) is 19.8 Å². The van der Waals surface area contributed by atoms with Crippen molar-refractivity contribution in [3.8, 4) is 17.1 Å². The lowest BCUT2D eigenvalue weighted by atomic mass is 10.2. The molecule has 1 aliphatic rings. The van der Waals surface area contributed by atoms with E-state index >= 15 is 0 Å². The monoisotopic (exact) mass is 388 g/mol. The molecule has 1 aliphatic heterocycles. The summed E-state index contributed by atoms with van der Waals surface area (Å²) in [5.74, 6) is 1.67. The molecule has 0 spiro atoms. The number of hydrogen-bond donors (Lipinski definition) is 1. The quantitative estimate of drug-likeness (QED) is 0.705. The Morgan fingerprint density at radius 1 is 1.03 bits per heavy atom. The average Bonchev–Trinajstić information content (AvgIpc) is 3.29. The van der Waals surface area contributed by atoms with Gasteiger partial charge in [0.1, 0.15) is 17.3 Å². The van der Waals surface area contributed by atoms with E-state index in [-0.39, 0.29) is 5.91 Å². The Hall–Kier alpha value is -3.41. The minimum atomic E-state index is -0.283. The standard InChI is InChI=1S/C23H24N4O2/c1-16-10-11-20(29-2)18(14-16)25-23(28)19-15-21(27-12-6-7-13-27)26-22(24-19)17-8-4-3-5-9-17/h3-5,8-11,14-15H,6-7,12-13H2,1-2H3,(H,25,28). The Labute approximate surface area is 170 Å². The number of methoxy groups -OCH3 is 1. The molecule has 2 heterocycles. The second-order valence-corrected chi connectivity index (χ2v) is 7.15. The van der Waals surface area contributed by atoms with Crippen LogP contribution in [-0.4, -0.2) is 36.1 Å². The van der Waals surface area contributed by atoms with Crippen molar-refractivity contribution in [2.24, 2.45) is 0 Å². The van der Waals surface area contributed by atoms with Crippen LogP contribution in [-0.2, 0) is 0 Å². The van der Waals surface area contributed by atoms with Crippen LogP contribution < -0.4 is 15.0 Å². The number of ether oxygens (including phenoxy) is 1. The predicted molar refractivity (Wildman–Crippen MR) is 115 cm³/mol. The molecular weight excluding hydrogens is 364 g/mol. The van der Waals surface area contributed by atoms with Gasteiger partial charge >= 0.3 is 0 Å². The van der Waals surface area contributed by atoms with Gasteiger partial charge in [-0.25, -0.2) is 9.97 Å². The van der Waals surface area contributed by atoms with Gasteiger partial charge in [0, 0.05) is 24.7 Å². The minimum Gasteiger partial charge on any atom is -0.495 e. The lowest BCUT2D eigenvalue weighted by Gasteiger charge is -2.18. The van der Waals surface area contributed by atoms with Crippen LogP contribution in [0.25, 0.3) is 11.4 Å². The third-order valence-electron chi connectivity index (χ3n) is 5.01. The lowest BCUT2D eigenvalue weighted by Crippen LogP contribution is -2.22. The topological polar surface area (TPSA) is 67.3 Å². The number of hydrogen-bond acceptors (Lipinski definition) is 5. The number of amides is 1. The summed E-state index contributed by atoms with van der Waals surface area (Å²) < 4.78 is 5.38. The maximum absolute atomic E-state index is 13.1. The number of carbonyl (C=O) groups excluding carboxylic acids is 1.